The summed E-state index contributed by atoms with van der Waals surface area (Å²) in [6.07, 6.45) is 13.4. The smallest absolute Gasteiger partial charge is 0.337 e. The van der Waals surface area contributed by atoms with Gasteiger partial charge in [0.25, 0.3) is 5.91 Å². The number of carbonyl (C=O) groups excluding carboxylic acids is 1. The Morgan fingerprint density at radius 2 is 2.02 bits per heavy atom. The van der Waals surface area contributed by atoms with E-state index in [0.717, 1.165) is 57.2 Å². The van der Waals surface area contributed by atoms with Gasteiger partial charge in [-0.15, -0.1) is 0 Å². The predicted molar refractivity (Wildman–Crippen MR) is 163 cm³/mol. The Labute approximate surface area is 242 Å². The van der Waals surface area contributed by atoms with Crippen molar-refractivity contribution in [1.29, 1.82) is 0 Å². The first-order valence-corrected chi connectivity index (χ1v) is 14.3. The van der Waals surface area contributed by atoms with Crippen LogP contribution in [0.2, 0.25) is 0 Å². The van der Waals surface area contributed by atoms with Crippen molar-refractivity contribution in [3.63, 3.8) is 0 Å². The standard InChI is InChI=1S/C33H41FN4O3/c1-6-8-13-27(7-2)37(5)31(36-22-32(39)38-18-11-9-10-12-24(38)4)19-23(3)28-16-14-25(20-29(28)34)30-17-15-26(21-35-30)33(40)41/h7,14-17,19-22,24H,3,6,8-13,18H2,1-2,4-5H3,(H,40,41)/b27-7-,31-19-,36-22?. The number of amides is 1. The van der Waals surface area contributed by atoms with E-state index in [0.29, 0.717) is 28.2 Å². The molecule has 218 valence electrons. The molecule has 0 bridgehead atoms. The first kappa shape index (κ1) is 31.5. The molecule has 0 radical (unpaired) electrons. The van der Waals surface area contributed by atoms with Crippen molar-refractivity contribution in [2.75, 3.05) is 13.6 Å². The SMILES string of the molecule is C=C(/C=C(/N=CC(=O)N1CCCCCC1C)N(C)/C(=C\C)CCCC)c1ccc(-c2ccc(C(=O)O)cn2)cc1F. The highest BCUT2D eigenvalue weighted by atomic mass is 19.1. The number of hydrogen-bond donors (Lipinski definition) is 1. The van der Waals surface area contributed by atoms with E-state index >= 15 is 4.39 Å². The van der Waals surface area contributed by atoms with Crippen LogP contribution in [0.4, 0.5) is 4.39 Å². The van der Waals surface area contributed by atoms with Crippen LogP contribution in [0.3, 0.4) is 0 Å². The second-order valence-corrected chi connectivity index (χ2v) is 10.4. The number of aromatic carboxylic acids is 1. The van der Waals surface area contributed by atoms with Gasteiger partial charge in [-0.3, -0.25) is 9.78 Å². The average Bonchev–Trinajstić information content (AvgIpc) is 3.19. The molecule has 0 aliphatic carbocycles. The van der Waals surface area contributed by atoms with Gasteiger partial charge in [-0.2, -0.15) is 0 Å². The number of benzene rings is 1. The van der Waals surface area contributed by atoms with Gasteiger partial charge in [0.05, 0.1) is 17.5 Å². The molecule has 1 aliphatic rings. The Hall–Kier alpha value is -4.07. The third-order valence-electron chi connectivity index (χ3n) is 7.46. The van der Waals surface area contributed by atoms with Gasteiger partial charge >= 0.3 is 5.97 Å². The topological polar surface area (TPSA) is 86.1 Å². The largest absolute Gasteiger partial charge is 0.478 e. The summed E-state index contributed by atoms with van der Waals surface area (Å²) in [5, 5.41) is 9.10. The van der Waals surface area contributed by atoms with E-state index < -0.39 is 11.8 Å². The number of rotatable bonds is 11. The van der Waals surface area contributed by atoms with Crippen LogP contribution >= 0.6 is 0 Å². The maximum atomic E-state index is 15.3. The van der Waals surface area contributed by atoms with Crippen LogP contribution in [0.5, 0.6) is 0 Å². The summed E-state index contributed by atoms with van der Waals surface area (Å²) in [7, 11) is 1.90. The number of likely N-dealkylation sites (tertiary alicyclic amines) is 1. The minimum atomic E-state index is -1.07. The molecule has 1 atom stereocenters. The molecule has 1 aliphatic heterocycles. The van der Waals surface area contributed by atoms with E-state index in [2.05, 4.69) is 30.4 Å². The lowest BCUT2D eigenvalue weighted by atomic mass is 10.0. The summed E-state index contributed by atoms with van der Waals surface area (Å²) < 4.78 is 15.3. The van der Waals surface area contributed by atoms with Crippen LogP contribution in [0.25, 0.3) is 16.8 Å². The number of allylic oxidation sites excluding steroid dienone is 4. The lowest BCUT2D eigenvalue weighted by Crippen LogP contribution is -2.39. The van der Waals surface area contributed by atoms with Crippen molar-refractivity contribution >= 4 is 23.7 Å². The molecule has 1 fully saturated rings. The molecule has 1 unspecified atom stereocenters. The van der Waals surface area contributed by atoms with Crippen LogP contribution in [0, 0.1) is 5.82 Å². The highest BCUT2D eigenvalue weighted by molar-refractivity contribution is 6.26. The van der Waals surface area contributed by atoms with E-state index in [1.165, 1.54) is 24.5 Å². The molecule has 2 aromatic rings. The van der Waals surface area contributed by atoms with E-state index in [9.17, 15) is 9.59 Å². The van der Waals surface area contributed by atoms with Crippen molar-refractivity contribution < 1.29 is 19.1 Å². The number of halogens is 1. The Bertz CT molecular complexity index is 1330. The van der Waals surface area contributed by atoms with Crippen molar-refractivity contribution in [2.24, 2.45) is 4.99 Å². The molecule has 1 aromatic carbocycles. The van der Waals surface area contributed by atoms with Gasteiger partial charge in [0, 0.05) is 42.7 Å². The van der Waals surface area contributed by atoms with E-state index in [1.807, 2.05) is 29.8 Å². The fourth-order valence-corrected chi connectivity index (χ4v) is 4.89. The van der Waals surface area contributed by atoms with Crippen LogP contribution in [0.15, 0.2) is 71.8 Å². The van der Waals surface area contributed by atoms with Gasteiger partial charge in [-0.1, -0.05) is 51.0 Å². The maximum absolute atomic E-state index is 15.3. The van der Waals surface area contributed by atoms with Gasteiger partial charge in [-0.05, 0) is 69.4 Å². The number of unbranched alkanes of at least 4 members (excludes halogenated alkanes) is 1. The summed E-state index contributed by atoms with van der Waals surface area (Å²) >= 11 is 0. The van der Waals surface area contributed by atoms with Crippen LogP contribution in [0.1, 0.15) is 81.6 Å². The molecule has 1 aromatic heterocycles. The van der Waals surface area contributed by atoms with Gasteiger partial charge in [-0.25, -0.2) is 14.2 Å². The van der Waals surface area contributed by atoms with Crippen molar-refractivity contribution in [3.05, 3.63) is 83.7 Å². The first-order valence-electron chi connectivity index (χ1n) is 14.3. The summed E-state index contributed by atoms with van der Waals surface area (Å²) in [5.41, 5.74) is 2.78. The zero-order valence-corrected chi connectivity index (χ0v) is 24.6. The van der Waals surface area contributed by atoms with Crippen LogP contribution in [-0.2, 0) is 4.79 Å². The molecular weight excluding hydrogens is 519 g/mol. The van der Waals surface area contributed by atoms with Gasteiger partial charge in [0.2, 0.25) is 0 Å². The van der Waals surface area contributed by atoms with Gasteiger partial charge in [0.15, 0.2) is 0 Å². The Morgan fingerprint density at radius 3 is 2.66 bits per heavy atom. The quantitative estimate of drug-likeness (QED) is 0.230. The number of hydrogen-bond acceptors (Lipinski definition) is 5. The normalized spacial score (nSPS) is 16.5. The predicted octanol–water partition coefficient (Wildman–Crippen LogP) is 7.33. The van der Waals surface area contributed by atoms with E-state index in [4.69, 9.17) is 5.11 Å². The number of carboxylic acid groups (broad SMARTS) is 1. The molecule has 1 saturated heterocycles. The molecule has 2 heterocycles. The van der Waals surface area contributed by atoms with Crippen molar-refractivity contribution in [3.8, 4) is 11.3 Å². The molecule has 1 N–H and O–H groups in total. The minimum absolute atomic E-state index is 0.0600. The van der Waals surface area contributed by atoms with Gasteiger partial charge < -0.3 is 14.9 Å². The number of carbonyl (C=O) groups is 2. The maximum Gasteiger partial charge on any atom is 0.337 e. The highest BCUT2D eigenvalue weighted by Crippen LogP contribution is 2.27. The summed E-state index contributed by atoms with van der Waals surface area (Å²) in [6, 6.07) is 7.83. The monoisotopic (exact) mass is 560 g/mol. The van der Waals surface area contributed by atoms with E-state index in [1.54, 1.807) is 24.3 Å². The molecule has 3 rings (SSSR count). The number of pyridine rings is 1. The molecular formula is C33H41FN4O3. The Morgan fingerprint density at radius 1 is 1.24 bits per heavy atom. The third-order valence-corrected chi connectivity index (χ3v) is 7.46. The number of aliphatic imine (C=N–C) groups is 1. The fourth-order valence-electron chi connectivity index (χ4n) is 4.89. The van der Waals surface area contributed by atoms with E-state index in [-0.39, 0.29) is 17.5 Å². The van der Waals surface area contributed by atoms with Crippen LogP contribution < -0.4 is 0 Å². The fraction of sp³-hybridized carbons (Fsp3) is 0.394. The third kappa shape index (κ3) is 8.46. The molecule has 0 saturated carbocycles. The van der Waals surface area contributed by atoms with Gasteiger partial charge in [0.1, 0.15) is 11.6 Å². The first-order chi connectivity index (χ1) is 19.7. The molecule has 1 amide bonds. The molecule has 0 spiro atoms. The second-order valence-electron chi connectivity index (χ2n) is 10.4. The average molecular weight is 561 g/mol. The van der Waals surface area contributed by atoms with Crippen LogP contribution in [-0.4, -0.2) is 57.6 Å². The Kier molecular flexibility index (Phi) is 11.6. The second kappa shape index (κ2) is 15.1. The molecule has 41 heavy (non-hydrogen) atoms. The summed E-state index contributed by atoms with van der Waals surface area (Å²) in [6.45, 7) is 11.0. The van der Waals surface area contributed by atoms with Crippen molar-refractivity contribution in [2.45, 2.75) is 71.8 Å². The Balaban J connectivity index is 1.92. The lowest BCUT2D eigenvalue weighted by molar-refractivity contribution is -0.125. The summed E-state index contributed by atoms with van der Waals surface area (Å²) in [5.74, 6) is -1.21. The minimum Gasteiger partial charge on any atom is -0.478 e. The summed E-state index contributed by atoms with van der Waals surface area (Å²) in [4.78, 5) is 36.8. The number of carboxylic acids is 1. The highest BCUT2D eigenvalue weighted by Gasteiger charge is 2.21. The van der Waals surface area contributed by atoms with Crippen molar-refractivity contribution in [1.82, 2.24) is 14.8 Å². The zero-order chi connectivity index (χ0) is 29.9. The lowest BCUT2D eigenvalue weighted by Gasteiger charge is -2.26. The number of nitrogens with zero attached hydrogens (tertiary/aromatic N) is 4. The molecule has 8 heteroatoms. The zero-order valence-electron chi connectivity index (χ0n) is 24.6. The number of aromatic nitrogens is 1. The molecule has 7 nitrogen and oxygen atoms in total.